The highest BCUT2D eigenvalue weighted by Gasteiger charge is 2.27. The van der Waals surface area contributed by atoms with Crippen molar-refractivity contribution in [3.63, 3.8) is 0 Å². The molecule has 1 aromatic heterocycles. The molecule has 7 heteroatoms. The largest absolute Gasteiger partial charge is 0.485 e. The summed E-state index contributed by atoms with van der Waals surface area (Å²) in [4.78, 5) is 12.5. The van der Waals surface area contributed by atoms with E-state index < -0.39 is 6.10 Å². The lowest BCUT2D eigenvalue weighted by Gasteiger charge is -2.25. The van der Waals surface area contributed by atoms with Gasteiger partial charge >= 0.3 is 0 Å². The first kappa shape index (κ1) is 16.5. The summed E-state index contributed by atoms with van der Waals surface area (Å²) >= 11 is 6.37. The number of aromatic nitrogens is 2. The molecule has 1 unspecified atom stereocenters. The first-order chi connectivity index (χ1) is 12.6. The molecule has 0 saturated heterocycles. The summed E-state index contributed by atoms with van der Waals surface area (Å²) in [6.07, 6.45) is 2.90. The first-order valence-electron chi connectivity index (χ1n) is 8.08. The van der Waals surface area contributed by atoms with Gasteiger partial charge in [-0.3, -0.25) is 9.48 Å². The van der Waals surface area contributed by atoms with E-state index in [0.29, 0.717) is 22.2 Å². The molecule has 3 aromatic rings. The van der Waals surface area contributed by atoms with E-state index in [9.17, 15) is 4.79 Å². The molecule has 1 amide bonds. The third-order valence-electron chi connectivity index (χ3n) is 4.05. The molecule has 0 fully saturated rings. The monoisotopic (exact) mass is 369 g/mol. The Morgan fingerprint density at radius 3 is 2.81 bits per heavy atom. The number of hydrogen-bond acceptors (Lipinski definition) is 4. The quantitative estimate of drug-likeness (QED) is 0.767. The topological polar surface area (TPSA) is 65.4 Å². The molecule has 26 heavy (non-hydrogen) atoms. The molecule has 0 saturated carbocycles. The fraction of sp³-hybridized carbons (Fsp3) is 0.158. The summed E-state index contributed by atoms with van der Waals surface area (Å²) in [5.41, 5.74) is 2.36. The van der Waals surface area contributed by atoms with E-state index in [1.165, 1.54) is 0 Å². The van der Waals surface area contributed by atoms with Crippen LogP contribution in [-0.4, -0.2) is 28.4 Å². The molecule has 0 aliphatic carbocycles. The number of rotatable bonds is 3. The van der Waals surface area contributed by atoms with Gasteiger partial charge in [0.1, 0.15) is 6.61 Å². The van der Waals surface area contributed by atoms with Crippen LogP contribution in [0.3, 0.4) is 0 Å². The third kappa shape index (κ3) is 3.23. The number of nitrogens with one attached hydrogen (secondary N) is 1. The van der Waals surface area contributed by atoms with Crippen LogP contribution in [0.2, 0.25) is 5.02 Å². The predicted molar refractivity (Wildman–Crippen MR) is 98.6 cm³/mol. The number of anilines is 1. The van der Waals surface area contributed by atoms with Crippen LogP contribution >= 0.6 is 11.6 Å². The number of ether oxygens (including phenoxy) is 2. The van der Waals surface area contributed by atoms with Gasteiger partial charge in [-0.05, 0) is 24.3 Å². The number of hydrogen-bond donors (Lipinski definition) is 1. The molecule has 1 atom stereocenters. The predicted octanol–water partition coefficient (Wildman–Crippen LogP) is 3.52. The second kappa shape index (κ2) is 6.72. The highest BCUT2D eigenvalue weighted by molar-refractivity contribution is 6.33. The Hall–Kier alpha value is -2.99. The fourth-order valence-corrected chi connectivity index (χ4v) is 3.05. The van der Waals surface area contributed by atoms with Crippen LogP contribution < -0.4 is 14.8 Å². The zero-order chi connectivity index (χ0) is 18.1. The summed E-state index contributed by atoms with van der Waals surface area (Å²) in [5.74, 6) is 0.911. The minimum absolute atomic E-state index is 0.157. The Kier molecular flexibility index (Phi) is 4.26. The van der Waals surface area contributed by atoms with Crippen LogP contribution in [0.15, 0.2) is 54.9 Å². The van der Waals surface area contributed by atoms with E-state index in [1.54, 1.807) is 35.1 Å². The molecule has 0 radical (unpaired) electrons. The molecule has 2 heterocycles. The van der Waals surface area contributed by atoms with Crippen molar-refractivity contribution in [2.75, 3.05) is 11.9 Å². The van der Waals surface area contributed by atoms with E-state index in [2.05, 4.69) is 10.4 Å². The van der Waals surface area contributed by atoms with E-state index in [4.69, 9.17) is 21.1 Å². The number of carbonyl (C=O) groups is 1. The normalized spacial score (nSPS) is 15.5. The van der Waals surface area contributed by atoms with Gasteiger partial charge < -0.3 is 14.8 Å². The lowest BCUT2D eigenvalue weighted by Crippen LogP contribution is -2.40. The van der Waals surface area contributed by atoms with Gasteiger partial charge in [0.15, 0.2) is 11.5 Å². The van der Waals surface area contributed by atoms with Crippen LogP contribution in [0.25, 0.3) is 11.1 Å². The molecule has 4 rings (SSSR count). The molecule has 132 valence electrons. The highest BCUT2D eigenvalue weighted by Crippen LogP contribution is 2.32. The number of nitrogens with zero attached hydrogens (tertiary/aromatic N) is 2. The van der Waals surface area contributed by atoms with Crippen LogP contribution in [-0.2, 0) is 11.8 Å². The second-order valence-corrected chi connectivity index (χ2v) is 6.36. The van der Waals surface area contributed by atoms with Gasteiger partial charge in [0, 0.05) is 30.1 Å². The molecule has 0 bridgehead atoms. The average Bonchev–Trinajstić information content (AvgIpc) is 3.07. The molecule has 1 aliphatic heterocycles. The van der Waals surface area contributed by atoms with Gasteiger partial charge in [0.05, 0.1) is 11.2 Å². The van der Waals surface area contributed by atoms with E-state index in [-0.39, 0.29) is 12.5 Å². The summed E-state index contributed by atoms with van der Waals surface area (Å²) < 4.78 is 13.0. The summed E-state index contributed by atoms with van der Waals surface area (Å²) in [6, 6.07) is 12.6. The van der Waals surface area contributed by atoms with Crippen molar-refractivity contribution in [2.24, 2.45) is 7.05 Å². The zero-order valence-electron chi connectivity index (χ0n) is 14.0. The Labute approximate surface area is 155 Å². The number of aryl methyl sites for hydroxylation is 1. The molecular weight excluding hydrogens is 354 g/mol. The molecule has 1 N–H and O–H groups in total. The number of halogens is 1. The Morgan fingerprint density at radius 1 is 1.27 bits per heavy atom. The zero-order valence-corrected chi connectivity index (χ0v) is 14.7. The fourth-order valence-electron chi connectivity index (χ4n) is 2.76. The number of benzene rings is 2. The van der Waals surface area contributed by atoms with Gasteiger partial charge in [-0.15, -0.1) is 0 Å². The van der Waals surface area contributed by atoms with Gasteiger partial charge in [0.25, 0.3) is 5.91 Å². The Morgan fingerprint density at radius 2 is 2.08 bits per heavy atom. The Bertz CT molecular complexity index is 970. The SMILES string of the molecule is Cn1cc(-c2ccc(NC(=O)C3COc4ccccc4O3)cc2Cl)cn1. The minimum atomic E-state index is -0.721. The number of para-hydroxylation sites is 2. The van der Waals surface area contributed by atoms with E-state index >= 15 is 0 Å². The highest BCUT2D eigenvalue weighted by atomic mass is 35.5. The maximum Gasteiger partial charge on any atom is 0.269 e. The first-order valence-corrected chi connectivity index (χ1v) is 8.46. The molecule has 6 nitrogen and oxygen atoms in total. The minimum Gasteiger partial charge on any atom is -0.485 e. The second-order valence-electron chi connectivity index (χ2n) is 5.95. The van der Waals surface area contributed by atoms with E-state index in [0.717, 1.165) is 11.1 Å². The number of fused-ring (bicyclic) bond motifs is 1. The smallest absolute Gasteiger partial charge is 0.269 e. The molecular formula is C19H16ClN3O3. The van der Waals surface area contributed by atoms with Crippen LogP contribution in [0.1, 0.15) is 0 Å². The Balaban J connectivity index is 1.47. The van der Waals surface area contributed by atoms with Crippen molar-refractivity contribution in [1.29, 1.82) is 0 Å². The average molecular weight is 370 g/mol. The summed E-state index contributed by atoms with van der Waals surface area (Å²) in [6.45, 7) is 0.157. The van der Waals surface area contributed by atoms with Crippen LogP contribution in [0.5, 0.6) is 11.5 Å². The standard InChI is InChI=1S/C19H16ClN3O3/c1-23-10-12(9-21-23)14-7-6-13(8-15(14)20)22-19(24)18-11-25-16-4-2-3-5-17(16)26-18/h2-10,18H,11H2,1H3,(H,22,24). The number of carbonyl (C=O) groups excluding carboxylic acids is 1. The van der Waals surface area contributed by atoms with Crippen molar-refractivity contribution in [2.45, 2.75) is 6.10 Å². The van der Waals surface area contributed by atoms with Crippen molar-refractivity contribution in [3.05, 3.63) is 59.9 Å². The van der Waals surface area contributed by atoms with Gasteiger partial charge in [0.2, 0.25) is 6.10 Å². The van der Waals surface area contributed by atoms with Crippen LogP contribution in [0.4, 0.5) is 5.69 Å². The summed E-state index contributed by atoms with van der Waals surface area (Å²) in [7, 11) is 1.84. The maximum atomic E-state index is 12.5. The van der Waals surface area contributed by atoms with Crippen molar-refractivity contribution < 1.29 is 14.3 Å². The molecule has 1 aliphatic rings. The molecule has 2 aromatic carbocycles. The lowest BCUT2D eigenvalue weighted by atomic mass is 10.1. The number of amides is 1. The van der Waals surface area contributed by atoms with Gasteiger partial charge in [-0.1, -0.05) is 29.8 Å². The van der Waals surface area contributed by atoms with Crippen LogP contribution in [0, 0.1) is 0 Å². The van der Waals surface area contributed by atoms with E-state index in [1.807, 2.05) is 31.4 Å². The van der Waals surface area contributed by atoms with Gasteiger partial charge in [-0.25, -0.2) is 0 Å². The summed E-state index contributed by atoms with van der Waals surface area (Å²) in [5, 5.41) is 7.49. The third-order valence-corrected chi connectivity index (χ3v) is 4.37. The van der Waals surface area contributed by atoms with Crippen molar-refractivity contribution in [1.82, 2.24) is 9.78 Å². The van der Waals surface area contributed by atoms with Crippen molar-refractivity contribution in [3.8, 4) is 22.6 Å². The van der Waals surface area contributed by atoms with Crippen molar-refractivity contribution >= 4 is 23.2 Å². The lowest BCUT2D eigenvalue weighted by molar-refractivity contribution is -0.125. The molecule has 0 spiro atoms. The van der Waals surface area contributed by atoms with Gasteiger partial charge in [-0.2, -0.15) is 5.10 Å². The maximum absolute atomic E-state index is 12.5.